The van der Waals surface area contributed by atoms with Crippen LogP contribution in [0.3, 0.4) is 0 Å². The minimum atomic E-state index is -0.526. The van der Waals surface area contributed by atoms with Crippen molar-refractivity contribution in [3.63, 3.8) is 0 Å². The molecular weight excluding hydrogens is 431 g/mol. The van der Waals surface area contributed by atoms with E-state index in [2.05, 4.69) is 11.4 Å². The molecule has 1 aliphatic carbocycles. The van der Waals surface area contributed by atoms with Gasteiger partial charge in [-0.2, -0.15) is 0 Å². The summed E-state index contributed by atoms with van der Waals surface area (Å²) < 4.78 is 20.2. The minimum absolute atomic E-state index is 0.160. The van der Waals surface area contributed by atoms with Crippen molar-refractivity contribution in [1.82, 2.24) is 5.32 Å². The summed E-state index contributed by atoms with van der Waals surface area (Å²) in [5.41, 5.74) is 2.71. The van der Waals surface area contributed by atoms with Crippen LogP contribution in [0.2, 0.25) is 5.02 Å². The van der Waals surface area contributed by atoms with E-state index in [1.807, 2.05) is 19.9 Å². The third-order valence-electron chi connectivity index (χ3n) is 5.43. The van der Waals surface area contributed by atoms with Gasteiger partial charge in [-0.1, -0.05) is 43.7 Å². The van der Waals surface area contributed by atoms with Gasteiger partial charge in [-0.15, -0.1) is 0 Å². The van der Waals surface area contributed by atoms with Gasteiger partial charge >= 0.3 is 0 Å². The quantitative estimate of drug-likeness (QED) is 0.540. The second-order valence-electron chi connectivity index (χ2n) is 7.70. The number of nitrogens with one attached hydrogen (secondary N) is 1. The Labute approximate surface area is 192 Å². The lowest BCUT2D eigenvalue weighted by Crippen LogP contribution is -2.28. The zero-order chi connectivity index (χ0) is 23.4. The van der Waals surface area contributed by atoms with Crippen LogP contribution in [0.1, 0.15) is 37.0 Å². The molecule has 7 heteroatoms. The molecule has 0 aliphatic heterocycles. The third-order valence-corrected chi connectivity index (χ3v) is 5.75. The van der Waals surface area contributed by atoms with Crippen LogP contribution in [0.25, 0.3) is 11.1 Å². The number of anilines is 1. The van der Waals surface area contributed by atoms with Gasteiger partial charge in [-0.25, -0.2) is 4.39 Å². The van der Waals surface area contributed by atoms with Crippen molar-refractivity contribution in [2.75, 3.05) is 19.1 Å². The topological polar surface area (TPSA) is 58.6 Å². The molecule has 2 aromatic carbocycles. The summed E-state index contributed by atoms with van der Waals surface area (Å²) in [6.45, 7) is 4.09. The van der Waals surface area contributed by atoms with Gasteiger partial charge in [0, 0.05) is 23.3 Å². The Morgan fingerprint density at radius 1 is 1.25 bits per heavy atom. The maximum atomic E-state index is 14.8. The van der Waals surface area contributed by atoms with Gasteiger partial charge < -0.3 is 10.1 Å². The van der Waals surface area contributed by atoms with Crippen LogP contribution >= 0.6 is 11.6 Å². The molecule has 2 amide bonds. The lowest BCUT2D eigenvalue weighted by Gasteiger charge is -2.29. The van der Waals surface area contributed by atoms with Crippen molar-refractivity contribution in [1.29, 1.82) is 0 Å². The van der Waals surface area contributed by atoms with Crippen molar-refractivity contribution in [3.05, 3.63) is 70.2 Å². The first-order chi connectivity index (χ1) is 15.3. The fourth-order valence-corrected chi connectivity index (χ4v) is 4.16. The lowest BCUT2D eigenvalue weighted by atomic mass is 9.92. The van der Waals surface area contributed by atoms with Crippen LogP contribution in [0, 0.1) is 11.7 Å². The van der Waals surface area contributed by atoms with Gasteiger partial charge in [0.2, 0.25) is 6.41 Å². The van der Waals surface area contributed by atoms with E-state index in [1.54, 1.807) is 12.1 Å². The molecule has 168 valence electrons. The highest BCUT2D eigenvalue weighted by Crippen LogP contribution is 2.42. The Morgan fingerprint density at radius 3 is 2.59 bits per heavy atom. The highest BCUT2D eigenvalue weighted by Gasteiger charge is 2.26. The predicted molar refractivity (Wildman–Crippen MR) is 126 cm³/mol. The highest BCUT2D eigenvalue weighted by atomic mass is 35.5. The Balaban J connectivity index is 2.30. The number of ether oxygens (including phenoxy) is 1. The first kappa shape index (κ1) is 23.5. The Kier molecular flexibility index (Phi) is 7.36. The Hall–Kier alpha value is -3.12. The number of carbonyl (C=O) groups is 2. The van der Waals surface area contributed by atoms with E-state index in [0.717, 1.165) is 18.4 Å². The number of carbonyl (C=O) groups excluding carboxylic acids is 2. The summed E-state index contributed by atoms with van der Waals surface area (Å²) in [4.78, 5) is 26.5. The van der Waals surface area contributed by atoms with Crippen molar-refractivity contribution in [2.45, 2.75) is 26.7 Å². The summed E-state index contributed by atoms with van der Waals surface area (Å²) >= 11 is 6.52. The second-order valence-corrected chi connectivity index (χ2v) is 8.11. The van der Waals surface area contributed by atoms with E-state index in [9.17, 15) is 14.0 Å². The standard InChI is InChI=1S/C25H26ClFN2O3/c1-15(2)16-8-5-6-10-21(16)29(14-30)22-13-17(19(26)12-18(22)25(31)28-3)24-20(27)9-7-11-23(24)32-4/h7-15H,5-6H2,1-4H3,(H,28,31). The molecule has 5 nitrogen and oxygen atoms in total. The number of hydrogen-bond acceptors (Lipinski definition) is 3. The zero-order valence-corrected chi connectivity index (χ0v) is 19.3. The molecule has 32 heavy (non-hydrogen) atoms. The predicted octanol–water partition coefficient (Wildman–Crippen LogP) is 5.74. The van der Waals surface area contributed by atoms with Crippen molar-refractivity contribution >= 4 is 29.6 Å². The molecule has 0 radical (unpaired) electrons. The first-order valence-corrected chi connectivity index (χ1v) is 10.7. The van der Waals surface area contributed by atoms with E-state index in [4.69, 9.17) is 16.3 Å². The van der Waals surface area contributed by atoms with Gasteiger partial charge in [0.1, 0.15) is 11.6 Å². The summed E-state index contributed by atoms with van der Waals surface area (Å²) in [5, 5.41) is 2.75. The molecule has 0 spiro atoms. The molecule has 0 saturated carbocycles. The van der Waals surface area contributed by atoms with Crippen LogP contribution in [0.5, 0.6) is 5.75 Å². The van der Waals surface area contributed by atoms with Crippen molar-refractivity contribution < 1.29 is 18.7 Å². The maximum Gasteiger partial charge on any atom is 0.253 e. The molecule has 1 N–H and O–H groups in total. The molecule has 0 aromatic heterocycles. The average molecular weight is 457 g/mol. The zero-order valence-electron chi connectivity index (χ0n) is 18.5. The molecule has 3 rings (SSSR count). The van der Waals surface area contributed by atoms with Gasteiger partial charge in [0.15, 0.2) is 0 Å². The van der Waals surface area contributed by atoms with Gasteiger partial charge in [0.25, 0.3) is 5.91 Å². The Morgan fingerprint density at radius 2 is 1.97 bits per heavy atom. The largest absolute Gasteiger partial charge is 0.496 e. The molecule has 1 aliphatic rings. The summed E-state index contributed by atoms with van der Waals surface area (Å²) in [7, 11) is 2.94. The Bertz CT molecular complexity index is 1110. The monoisotopic (exact) mass is 456 g/mol. The van der Waals surface area contributed by atoms with E-state index in [1.165, 1.54) is 37.3 Å². The van der Waals surface area contributed by atoms with Crippen molar-refractivity contribution in [2.24, 2.45) is 5.92 Å². The number of hydrogen-bond donors (Lipinski definition) is 1. The second kappa shape index (κ2) is 10.0. The SMILES string of the molecule is CNC(=O)c1cc(Cl)c(-c2c(F)cccc2OC)cc1N(C=O)C1=CCCC=C1C(C)C. The number of amides is 2. The molecule has 0 unspecified atom stereocenters. The lowest BCUT2D eigenvalue weighted by molar-refractivity contribution is -0.107. The van der Waals surface area contributed by atoms with E-state index >= 15 is 0 Å². The maximum absolute atomic E-state index is 14.8. The van der Waals surface area contributed by atoms with E-state index < -0.39 is 11.7 Å². The molecule has 2 aromatic rings. The fraction of sp³-hybridized carbons (Fsp3) is 0.280. The summed E-state index contributed by atoms with van der Waals surface area (Å²) in [6, 6.07) is 7.49. The third kappa shape index (κ3) is 4.41. The van der Waals surface area contributed by atoms with Gasteiger partial charge in [0.05, 0.1) is 23.9 Å². The smallest absolute Gasteiger partial charge is 0.253 e. The molecule has 0 atom stereocenters. The number of benzene rings is 2. The van der Waals surface area contributed by atoms with E-state index in [0.29, 0.717) is 29.1 Å². The van der Waals surface area contributed by atoms with Gasteiger partial charge in [-0.3, -0.25) is 14.5 Å². The number of allylic oxidation sites excluding steroid dienone is 3. The van der Waals surface area contributed by atoms with E-state index in [-0.39, 0.29) is 22.1 Å². The molecule has 0 heterocycles. The van der Waals surface area contributed by atoms with Crippen LogP contribution < -0.4 is 15.0 Å². The van der Waals surface area contributed by atoms with Crippen LogP contribution in [-0.4, -0.2) is 26.5 Å². The van der Waals surface area contributed by atoms with Crippen LogP contribution in [0.15, 0.2) is 53.8 Å². The molecular formula is C25H26ClFN2O3. The first-order valence-electron chi connectivity index (χ1n) is 10.4. The summed E-state index contributed by atoms with van der Waals surface area (Å²) in [6.07, 6.45) is 6.41. The van der Waals surface area contributed by atoms with Crippen LogP contribution in [0.4, 0.5) is 10.1 Å². The van der Waals surface area contributed by atoms with Gasteiger partial charge in [-0.05, 0) is 48.6 Å². The fourth-order valence-electron chi connectivity index (χ4n) is 3.90. The number of halogens is 2. The molecule has 0 saturated heterocycles. The van der Waals surface area contributed by atoms with Crippen molar-refractivity contribution in [3.8, 4) is 16.9 Å². The molecule has 0 bridgehead atoms. The minimum Gasteiger partial charge on any atom is -0.496 e. The van der Waals surface area contributed by atoms with Crippen LogP contribution in [-0.2, 0) is 4.79 Å². The molecule has 0 fully saturated rings. The normalized spacial score (nSPS) is 13.3. The number of rotatable bonds is 7. The average Bonchev–Trinajstić information content (AvgIpc) is 2.80. The number of methoxy groups -OCH3 is 1. The number of nitrogens with zero attached hydrogens (tertiary/aromatic N) is 1. The highest BCUT2D eigenvalue weighted by molar-refractivity contribution is 6.34. The summed E-state index contributed by atoms with van der Waals surface area (Å²) in [5.74, 6) is -0.469.